The maximum atomic E-state index is 12.3. The highest BCUT2D eigenvalue weighted by atomic mass is 32.1. The van der Waals surface area contributed by atoms with Gasteiger partial charge >= 0.3 is 5.97 Å². The number of ether oxygens (including phenoxy) is 1. The minimum atomic E-state index is -0.293. The lowest BCUT2D eigenvalue weighted by Gasteiger charge is -2.16. The van der Waals surface area contributed by atoms with Crippen LogP contribution < -0.4 is 5.32 Å². The van der Waals surface area contributed by atoms with E-state index in [4.69, 9.17) is 0 Å². The molecule has 2 aromatic heterocycles. The molecule has 0 bridgehead atoms. The van der Waals surface area contributed by atoms with E-state index in [-0.39, 0.29) is 29.8 Å². The SMILES string of the molecule is COC(=O)C1CC1C(=O)NC(c1cccs1)c1cccs1. The van der Waals surface area contributed by atoms with E-state index >= 15 is 0 Å². The van der Waals surface area contributed by atoms with Crippen LogP contribution in [0.25, 0.3) is 0 Å². The summed E-state index contributed by atoms with van der Waals surface area (Å²) >= 11 is 3.23. The standard InChI is InChI=1S/C15H15NO3S2/c1-19-15(18)10-8-9(10)14(17)16-13(11-4-2-6-20-11)12-5-3-7-21-12/h2-7,9-10,13H,8H2,1H3,(H,16,17). The Hall–Kier alpha value is -1.66. The smallest absolute Gasteiger partial charge is 0.309 e. The van der Waals surface area contributed by atoms with Crippen molar-refractivity contribution in [1.82, 2.24) is 5.32 Å². The topological polar surface area (TPSA) is 55.4 Å². The minimum Gasteiger partial charge on any atom is -0.469 e. The molecule has 1 fully saturated rings. The summed E-state index contributed by atoms with van der Waals surface area (Å²) in [6.07, 6.45) is 0.583. The summed E-state index contributed by atoms with van der Waals surface area (Å²) in [6.45, 7) is 0. The first-order valence-electron chi connectivity index (χ1n) is 6.65. The number of carbonyl (C=O) groups is 2. The van der Waals surface area contributed by atoms with E-state index in [1.54, 1.807) is 22.7 Å². The van der Waals surface area contributed by atoms with E-state index in [0.29, 0.717) is 6.42 Å². The molecule has 6 heteroatoms. The molecule has 110 valence electrons. The number of nitrogens with one attached hydrogen (secondary N) is 1. The fraction of sp³-hybridized carbons (Fsp3) is 0.333. The number of amides is 1. The van der Waals surface area contributed by atoms with E-state index < -0.39 is 0 Å². The Kier molecular flexibility index (Phi) is 4.07. The second kappa shape index (κ2) is 5.99. The highest BCUT2D eigenvalue weighted by Crippen LogP contribution is 2.40. The molecule has 4 nitrogen and oxygen atoms in total. The van der Waals surface area contributed by atoms with E-state index in [0.717, 1.165) is 9.75 Å². The Balaban J connectivity index is 1.72. The Morgan fingerprint density at radius 1 is 1.19 bits per heavy atom. The molecule has 3 rings (SSSR count). The van der Waals surface area contributed by atoms with Gasteiger partial charge in [-0.05, 0) is 29.3 Å². The van der Waals surface area contributed by atoms with Gasteiger partial charge in [-0.15, -0.1) is 22.7 Å². The fourth-order valence-corrected chi connectivity index (χ4v) is 4.00. The number of rotatable bonds is 5. The first-order chi connectivity index (χ1) is 10.2. The molecule has 2 heterocycles. The Morgan fingerprint density at radius 3 is 2.29 bits per heavy atom. The average Bonchev–Trinajstić information content (AvgIpc) is 2.93. The summed E-state index contributed by atoms with van der Waals surface area (Å²) in [4.78, 5) is 26.0. The van der Waals surface area contributed by atoms with Crippen molar-refractivity contribution >= 4 is 34.6 Å². The summed E-state index contributed by atoms with van der Waals surface area (Å²) < 4.78 is 4.69. The van der Waals surface area contributed by atoms with E-state index in [1.165, 1.54) is 7.11 Å². The molecule has 2 unspecified atom stereocenters. The van der Waals surface area contributed by atoms with Crippen LogP contribution in [-0.2, 0) is 14.3 Å². The third-order valence-electron chi connectivity index (χ3n) is 3.57. The quantitative estimate of drug-likeness (QED) is 0.862. The minimum absolute atomic E-state index is 0.0720. The van der Waals surface area contributed by atoms with E-state index in [2.05, 4.69) is 10.1 Å². The van der Waals surface area contributed by atoms with Gasteiger partial charge in [0.15, 0.2) is 0 Å². The van der Waals surface area contributed by atoms with Crippen molar-refractivity contribution in [2.45, 2.75) is 12.5 Å². The maximum absolute atomic E-state index is 12.3. The van der Waals surface area contributed by atoms with Crippen molar-refractivity contribution in [3.63, 3.8) is 0 Å². The average molecular weight is 321 g/mol. The Bertz CT molecular complexity index is 587. The number of esters is 1. The molecule has 2 atom stereocenters. The van der Waals surface area contributed by atoms with Crippen molar-refractivity contribution in [3.8, 4) is 0 Å². The van der Waals surface area contributed by atoms with Crippen LogP contribution in [-0.4, -0.2) is 19.0 Å². The van der Waals surface area contributed by atoms with Crippen LogP contribution in [0.4, 0.5) is 0 Å². The van der Waals surface area contributed by atoms with Crippen LogP contribution in [0.15, 0.2) is 35.0 Å². The number of carbonyl (C=O) groups excluding carboxylic acids is 2. The summed E-state index contributed by atoms with van der Waals surface area (Å²) in [6, 6.07) is 7.85. The van der Waals surface area contributed by atoms with Gasteiger partial charge in [-0.1, -0.05) is 12.1 Å². The van der Waals surface area contributed by atoms with E-state index in [1.807, 2.05) is 35.0 Å². The van der Waals surface area contributed by atoms with Gasteiger partial charge in [0.05, 0.1) is 25.0 Å². The molecule has 0 saturated heterocycles. The highest BCUT2D eigenvalue weighted by Gasteiger charge is 2.49. The molecule has 1 aliphatic carbocycles. The fourth-order valence-electron chi connectivity index (χ4n) is 2.34. The Labute approximate surface area is 130 Å². The monoisotopic (exact) mass is 321 g/mol. The molecule has 1 N–H and O–H groups in total. The molecule has 0 spiro atoms. The molecule has 0 aliphatic heterocycles. The van der Waals surface area contributed by atoms with Gasteiger partial charge in [0.2, 0.25) is 5.91 Å². The third kappa shape index (κ3) is 3.01. The zero-order valence-corrected chi connectivity index (χ0v) is 13.1. The third-order valence-corrected chi connectivity index (χ3v) is 5.45. The van der Waals surface area contributed by atoms with Crippen molar-refractivity contribution in [1.29, 1.82) is 0 Å². The molecular formula is C15H15NO3S2. The molecule has 1 amide bonds. The summed E-state index contributed by atoms with van der Waals surface area (Å²) in [7, 11) is 1.36. The van der Waals surface area contributed by atoms with E-state index in [9.17, 15) is 9.59 Å². The van der Waals surface area contributed by atoms with Crippen LogP contribution in [0.3, 0.4) is 0 Å². The number of hydrogen-bond donors (Lipinski definition) is 1. The second-order valence-corrected chi connectivity index (χ2v) is 6.90. The number of thiophene rings is 2. The van der Waals surface area contributed by atoms with Gasteiger partial charge in [-0.3, -0.25) is 9.59 Å². The van der Waals surface area contributed by atoms with Gasteiger partial charge in [0, 0.05) is 9.75 Å². The summed E-state index contributed by atoms with van der Waals surface area (Å²) in [5.74, 6) is -0.890. The highest BCUT2D eigenvalue weighted by molar-refractivity contribution is 7.11. The van der Waals surface area contributed by atoms with Crippen LogP contribution in [0.2, 0.25) is 0 Å². The lowest BCUT2D eigenvalue weighted by Crippen LogP contribution is -2.30. The number of methoxy groups -OCH3 is 1. The molecule has 1 saturated carbocycles. The largest absolute Gasteiger partial charge is 0.469 e. The zero-order chi connectivity index (χ0) is 14.8. The molecule has 1 aliphatic rings. The zero-order valence-electron chi connectivity index (χ0n) is 11.4. The molecular weight excluding hydrogens is 306 g/mol. The van der Waals surface area contributed by atoms with Crippen LogP contribution >= 0.6 is 22.7 Å². The van der Waals surface area contributed by atoms with Crippen LogP contribution in [0.1, 0.15) is 22.2 Å². The first kappa shape index (κ1) is 14.3. The van der Waals surface area contributed by atoms with Gasteiger partial charge in [0.25, 0.3) is 0 Å². The molecule has 2 aromatic rings. The van der Waals surface area contributed by atoms with Gasteiger partial charge in [0.1, 0.15) is 0 Å². The first-order valence-corrected chi connectivity index (χ1v) is 8.41. The Morgan fingerprint density at radius 2 is 1.81 bits per heavy atom. The maximum Gasteiger partial charge on any atom is 0.309 e. The van der Waals surface area contributed by atoms with Gasteiger partial charge in [-0.25, -0.2) is 0 Å². The second-order valence-electron chi connectivity index (χ2n) is 4.94. The van der Waals surface area contributed by atoms with Crippen molar-refractivity contribution in [2.75, 3.05) is 7.11 Å². The lowest BCUT2D eigenvalue weighted by atomic mass is 10.2. The molecule has 21 heavy (non-hydrogen) atoms. The lowest BCUT2D eigenvalue weighted by molar-refractivity contribution is -0.143. The summed E-state index contributed by atoms with van der Waals surface area (Å²) in [5.41, 5.74) is 0. The molecule has 0 aromatic carbocycles. The predicted molar refractivity (Wildman–Crippen MR) is 82.2 cm³/mol. The van der Waals surface area contributed by atoms with Gasteiger partial charge in [-0.2, -0.15) is 0 Å². The number of hydrogen-bond acceptors (Lipinski definition) is 5. The normalized spacial score (nSPS) is 20.3. The predicted octanol–water partition coefficient (Wildman–Crippen LogP) is 2.82. The summed E-state index contributed by atoms with van der Waals surface area (Å²) in [5, 5.41) is 7.06. The van der Waals surface area contributed by atoms with Crippen molar-refractivity contribution < 1.29 is 14.3 Å². The van der Waals surface area contributed by atoms with Crippen molar-refractivity contribution in [2.24, 2.45) is 11.8 Å². The van der Waals surface area contributed by atoms with Gasteiger partial charge < -0.3 is 10.1 Å². The van der Waals surface area contributed by atoms with Crippen molar-refractivity contribution in [3.05, 3.63) is 44.8 Å². The van der Waals surface area contributed by atoms with Crippen LogP contribution in [0.5, 0.6) is 0 Å². The van der Waals surface area contributed by atoms with Crippen LogP contribution in [0, 0.1) is 11.8 Å². The molecule has 0 radical (unpaired) electrons.